The van der Waals surface area contributed by atoms with Crippen LogP contribution in [0.15, 0.2) is 6.07 Å². The monoisotopic (exact) mass is 344 g/mol. The maximum Gasteiger partial charge on any atom is 0.222 e. The van der Waals surface area contributed by atoms with Gasteiger partial charge < -0.3 is 9.80 Å². The fourth-order valence-electron chi connectivity index (χ4n) is 3.96. The second kappa shape index (κ2) is 8.15. The van der Waals surface area contributed by atoms with Crippen LogP contribution in [-0.2, 0) is 4.79 Å². The maximum atomic E-state index is 12.5. The highest BCUT2D eigenvalue weighted by Crippen LogP contribution is 2.29. The van der Waals surface area contributed by atoms with Gasteiger partial charge >= 0.3 is 0 Å². The molecule has 138 valence electrons. The van der Waals surface area contributed by atoms with Gasteiger partial charge in [-0.15, -0.1) is 0 Å². The number of carbonyl (C=O) groups excluding carboxylic acids is 1. The van der Waals surface area contributed by atoms with Gasteiger partial charge in [-0.2, -0.15) is 0 Å². The number of nitrogens with zero attached hydrogens (tertiary/aromatic N) is 4. The number of piperazine rings is 1. The summed E-state index contributed by atoms with van der Waals surface area (Å²) >= 11 is 0. The molecule has 5 nitrogen and oxygen atoms in total. The Morgan fingerprint density at radius 3 is 2.48 bits per heavy atom. The number of carbonyl (C=O) groups is 1. The molecule has 0 atom stereocenters. The number of amides is 1. The van der Waals surface area contributed by atoms with Crippen molar-refractivity contribution in [1.29, 1.82) is 0 Å². The minimum Gasteiger partial charge on any atom is -0.353 e. The molecular weight excluding hydrogens is 312 g/mol. The Balaban J connectivity index is 1.52. The quantitative estimate of drug-likeness (QED) is 0.820. The molecule has 3 rings (SSSR count). The van der Waals surface area contributed by atoms with Crippen molar-refractivity contribution in [3.63, 3.8) is 0 Å². The van der Waals surface area contributed by atoms with Crippen LogP contribution < -0.4 is 4.90 Å². The molecule has 2 heterocycles. The molecule has 0 unspecified atom stereocenters. The summed E-state index contributed by atoms with van der Waals surface area (Å²) < 4.78 is 0. The molecule has 2 aliphatic rings. The lowest BCUT2D eigenvalue weighted by atomic mass is 10.0. The third-order valence-corrected chi connectivity index (χ3v) is 5.57. The van der Waals surface area contributed by atoms with E-state index in [0.717, 1.165) is 62.3 Å². The van der Waals surface area contributed by atoms with Crippen molar-refractivity contribution >= 4 is 11.7 Å². The first-order chi connectivity index (χ1) is 12.0. The van der Waals surface area contributed by atoms with E-state index in [-0.39, 0.29) is 0 Å². The first-order valence-electron chi connectivity index (χ1n) is 9.91. The van der Waals surface area contributed by atoms with Gasteiger partial charge in [0.25, 0.3) is 0 Å². The summed E-state index contributed by atoms with van der Waals surface area (Å²) in [6.45, 7) is 9.62. The SMILES string of the molecule is Cc1cc(N2CCN(C(=O)CCC3CCCC3)CC2)nc(C(C)C)n1. The van der Waals surface area contributed by atoms with E-state index in [1.807, 2.05) is 11.8 Å². The Bertz CT molecular complexity index is 587. The summed E-state index contributed by atoms with van der Waals surface area (Å²) in [5, 5.41) is 0. The van der Waals surface area contributed by atoms with E-state index in [0.29, 0.717) is 11.8 Å². The van der Waals surface area contributed by atoms with Crippen LogP contribution in [0, 0.1) is 12.8 Å². The van der Waals surface area contributed by atoms with Crippen LogP contribution in [0.5, 0.6) is 0 Å². The maximum absolute atomic E-state index is 12.5. The smallest absolute Gasteiger partial charge is 0.222 e. The molecule has 2 fully saturated rings. The first kappa shape index (κ1) is 18.2. The summed E-state index contributed by atoms with van der Waals surface area (Å²) in [6, 6.07) is 2.06. The van der Waals surface area contributed by atoms with E-state index in [2.05, 4.69) is 29.8 Å². The number of hydrogen-bond acceptors (Lipinski definition) is 4. The highest BCUT2D eigenvalue weighted by molar-refractivity contribution is 5.76. The molecule has 1 saturated carbocycles. The van der Waals surface area contributed by atoms with Crippen molar-refractivity contribution in [2.75, 3.05) is 31.1 Å². The summed E-state index contributed by atoms with van der Waals surface area (Å²) in [6.07, 6.45) is 7.18. The van der Waals surface area contributed by atoms with Gasteiger partial charge in [-0.25, -0.2) is 9.97 Å². The zero-order valence-electron chi connectivity index (χ0n) is 16.0. The summed E-state index contributed by atoms with van der Waals surface area (Å²) in [7, 11) is 0. The van der Waals surface area contributed by atoms with E-state index in [1.54, 1.807) is 0 Å². The lowest BCUT2D eigenvalue weighted by Gasteiger charge is -2.36. The van der Waals surface area contributed by atoms with Gasteiger partial charge in [0.1, 0.15) is 11.6 Å². The molecule has 0 bridgehead atoms. The first-order valence-corrected chi connectivity index (χ1v) is 9.91. The predicted octanol–water partition coefficient (Wildman–Crippen LogP) is 3.53. The Morgan fingerprint density at radius 1 is 1.16 bits per heavy atom. The molecule has 0 spiro atoms. The number of aryl methyl sites for hydroxylation is 1. The molecule has 1 saturated heterocycles. The van der Waals surface area contributed by atoms with Gasteiger partial charge in [-0.1, -0.05) is 39.5 Å². The Morgan fingerprint density at radius 2 is 1.84 bits per heavy atom. The average Bonchev–Trinajstić information content (AvgIpc) is 3.13. The van der Waals surface area contributed by atoms with E-state index < -0.39 is 0 Å². The molecule has 0 aromatic carbocycles. The summed E-state index contributed by atoms with van der Waals surface area (Å²) in [5.41, 5.74) is 1.02. The van der Waals surface area contributed by atoms with Crippen LogP contribution in [0.25, 0.3) is 0 Å². The second-order valence-corrected chi connectivity index (χ2v) is 7.94. The number of hydrogen-bond donors (Lipinski definition) is 0. The minimum atomic E-state index is 0.331. The molecule has 1 amide bonds. The molecule has 25 heavy (non-hydrogen) atoms. The Labute approximate surface area is 151 Å². The largest absolute Gasteiger partial charge is 0.353 e. The zero-order valence-corrected chi connectivity index (χ0v) is 16.0. The molecule has 1 aromatic rings. The zero-order chi connectivity index (χ0) is 17.8. The van der Waals surface area contributed by atoms with Crippen molar-refractivity contribution in [3.05, 3.63) is 17.6 Å². The highest BCUT2D eigenvalue weighted by atomic mass is 16.2. The molecule has 1 aliphatic heterocycles. The predicted molar refractivity (Wildman–Crippen MR) is 101 cm³/mol. The van der Waals surface area contributed by atoms with Crippen LogP contribution in [-0.4, -0.2) is 47.0 Å². The minimum absolute atomic E-state index is 0.331. The van der Waals surface area contributed by atoms with Gasteiger partial charge in [0.15, 0.2) is 0 Å². The molecule has 0 N–H and O–H groups in total. The average molecular weight is 345 g/mol. The third kappa shape index (κ3) is 4.71. The molecule has 1 aromatic heterocycles. The normalized spacial score (nSPS) is 19.0. The van der Waals surface area contributed by atoms with E-state index in [1.165, 1.54) is 25.7 Å². The van der Waals surface area contributed by atoms with Gasteiger partial charge in [-0.3, -0.25) is 4.79 Å². The second-order valence-electron chi connectivity index (χ2n) is 7.94. The third-order valence-electron chi connectivity index (χ3n) is 5.57. The fraction of sp³-hybridized carbons (Fsp3) is 0.750. The van der Waals surface area contributed by atoms with Crippen molar-refractivity contribution in [2.45, 2.75) is 65.2 Å². The van der Waals surface area contributed by atoms with Crippen LogP contribution in [0.4, 0.5) is 5.82 Å². The molecule has 1 aliphatic carbocycles. The molecule has 0 radical (unpaired) electrons. The van der Waals surface area contributed by atoms with E-state index >= 15 is 0 Å². The van der Waals surface area contributed by atoms with Crippen molar-refractivity contribution < 1.29 is 4.79 Å². The van der Waals surface area contributed by atoms with Crippen molar-refractivity contribution in [1.82, 2.24) is 14.9 Å². The summed E-state index contributed by atoms with van der Waals surface area (Å²) in [5.74, 6) is 3.38. The Kier molecular flexibility index (Phi) is 5.92. The number of anilines is 1. The standard InChI is InChI=1S/C20H32N4O/c1-15(2)20-21-16(3)14-18(22-20)23-10-12-24(13-11-23)19(25)9-8-17-6-4-5-7-17/h14-15,17H,4-13H2,1-3H3. The lowest BCUT2D eigenvalue weighted by Crippen LogP contribution is -2.49. The molecule has 5 heteroatoms. The van der Waals surface area contributed by atoms with Crippen LogP contribution in [0.1, 0.15) is 69.8 Å². The van der Waals surface area contributed by atoms with Crippen LogP contribution in [0.2, 0.25) is 0 Å². The lowest BCUT2D eigenvalue weighted by molar-refractivity contribution is -0.131. The topological polar surface area (TPSA) is 49.3 Å². The van der Waals surface area contributed by atoms with E-state index in [4.69, 9.17) is 4.98 Å². The van der Waals surface area contributed by atoms with Crippen LogP contribution >= 0.6 is 0 Å². The number of aromatic nitrogens is 2. The summed E-state index contributed by atoms with van der Waals surface area (Å²) in [4.78, 5) is 26.1. The van der Waals surface area contributed by atoms with Gasteiger partial charge in [-0.05, 0) is 19.3 Å². The van der Waals surface area contributed by atoms with E-state index in [9.17, 15) is 4.79 Å². The van der Waals surface area contributed by atoms with Gasteiger partial charge in [0, 0.05) is 50.3 Å². The van der Waals surface area contributed by atoms with Crippen LogP contribution in [0.3, 0.4) is 0 Å². The molecular formula is C20H32N4O. The fourth-order valence-corrected chi connectivity index (χ4v) is 3.96. The number of rotatable bonds is 5. The van der Waals surface area contributed by atoms with Gasteiger partial charge in [0.2, 0.25) is 5.91 Å². The highest BCUT2D eigenvalue weighted by Gasteiger charge is 2.24. The van der Waals surface area contributed by atoms with Gasteiger partial charge in [0.05, 0.1) is 0 Å². The Hall–Kier alpha value is -1.65. The van der Waals surface area contributed by atoms with Crippen molar-refractivity contribution in [2.24, 2.45) is 5.92 Å². The van der Waals surface area contributed by atoms with Crippen molar-refractivity contribution in [3.8, 4) is 0 Å².